The molecule has 1 aromatic carbocycles. The highest BCUT2D eigenvalue weighted by Crippen LogP contribution is 2.23. The molecule has 2 aromatic rings. The van der Waals surface area contributed by atoms with E-state index in [9.17, 15) is 4.79 Å². The zero-order valence-electron chi connectivity index (χ0n) is 13.0. The number of nitrogens with one attached hydrogen (secondary N) is 1. The average molecular weight is 304 g/mol. The first-order valence-corrected chi connectivity index (χ1v) is 7.67. The van der Waals surface area contributed by atoms with Gasteiger partial charge in [0.05, 0.1) is 5.25 Å². The second kappa shape index (κ2) is 6.30. The van der Waals surface area contributed by atoms with Gasteiger partial charge in [-0.3, -0.25) is 4.79 Å². The Balaban J connectivity index is 2.04. The summed E-state index contributed by atoms with van der Waals surface area (Å²) in [6.45, 7) is 7.78. The summed E-state index contributed by atoms with van der Waals surface area (Å²) in [5, 5.41) is 11.5. The maximum Gasteiger partial charge on any atom is 0.237 e. The van der Waals surface area contributed by atoms with E-state index < -0.39 is 0 Å². The molecule has 0 aliphatic carbocycles. The largest absolute Gasteiger partial charge is 0.325 e. The number of carbonyl (C=O) groups excluding carboxylic acids is 1. The fourth-order valence-corrected chi connectivity index (χ4v) is 2.75. The van der Waals surface area contributed by atoms with Crippen molar-refractivity contribution >= 4 is 23.4 Å². The van der Waals surface area contributed by atoms with Crippen LogP contribution in [0.4, 0.5) is 5.69 Å². The first-order valence-electron chi connectivity index (χ1n) is 6.79. The molecule has 0 radical (unpaired) electrons. The lowest BCUT2D eigenvalue weighted by molar-refractivity contribution is -0.115. The zero-order valence-corrected chi connectivity index (χ0v) is 13.8. The van der Waals surface area contributed by atoms with E-state index in [4.69, 9.17) is 0 Å². The Morgan fingerprint density at radius 1 is 1.29 bits per heavy atom. The number of amides is 1. The molecular weight excluding hydrogens is 284 g/mol. The minimum absolute atomic E-state index is 0.0346. The lowest BCUT2D eigenvalue weighted by Gasteiger charge is -2.13. The number of aromatic nitrogens is 3. The van der Waals surface area contributed by atoms with E-state index in [1.54, 1.807) is 0 Å². The van der Waals surface area contributed by atoms with Gasteiger partial charge in [0.15, 0.2) is 5.16 Å². The number of benzene rings is 1. The SMILES string of the molecule is Cc1ccc(NC(=O)[C@@H](C)Sc2nnc(C)n2C)c(C)c1. The quantitative estimate of drug-likeness (QED) is 0.882. The second-order valence-electron chi connectivity index (χ2n) is 5.16. The Kier molecular flexibility index (Phi) is 4.67. The van der Waals surface area contributed by atoms with Crippen molar-refractivity contribution in [1.29, 1.82) is 0 Å². The molecule has 0 aliphatic rings. The number of nitrogens with zero attached hydrogens (tertiary/aromatic N) is 3. The summed E-state index contributed by atoms with van der Waals surface area (Å²) in [6.07, 6.45) is 0. The van der Waals surface area contributed by atoms with E-state index in [0.717, 1.165) is 22.2 Å². The van der Waals surface area contributed by atoms with Gasteiger partial charge in [0, 0.05) is 12.7 Å². The Bertz CT molecular complexity index is 666. The normalized spacial score (nSPS) is 12.2. The van der Waals surface area contributed by atoms with Crippen LogP contribution in [0.2, 0.25) is 0 Å². The van der Waals surface area contributed by atoms with Gasteiger partial charge in [0.2, 0.25) is 5.91 Å². The number of hydrogen-bond acceptors (Lipinski definition) is 4. The van der Waals surface area contributed by atoms with Crippen LogP contribution in [-0.2, 0) is 11.8 Å². The van der Waals surface area contributed by atoms with Crippen LogP contribution in [0.1, 0.15) is 23.9 Å². The van der Waals surface area contributed by atoms with Crippen molar-refractivity contribution in [3.63, 3.8) is 0 Å². The van der Waals surface area contributed by atoms with Gasteiger partial charge in [-0.2, -0.15) is 0 Å². The summed E-state index contributed by atoms with van der Waals surface area (Å²) in [7, 11) is 1.90. The van der Waals surface area contributed by atoms with Gasteiger partial charge in [-0.15, -0.1) is 10.2 Å². The van der Waals surface area contributed by atoms with Crippen LogP contribution in [0.25, 0.3) is 0 Å². The van der Waals surface area contributed by atoms with E-state index in [2.05, 4.69) is 21.6 Å². The summed E-state index contributed by atoms with van der Waals surface area (Å²) in [6, 6.07) is 5.98. The lowest BCUT2D eigenvalue weighted by Crippen LogP contribution is -2.23. The number of rotatable bonds is 4. The molecule has 0 unspecified atom stereocenters. The van der Waals surface area contributed by atoms with Crippen LogP contribution in [0, 0.1) is 20.8 Å². The molecule has 1 N–H and O–H groups in total. The van der Waals surface area contributed by atoms with Crippen LogP contribution < -0.4 is 5.32 Å². The third-order valence-electron chi connectivity index (χ3n) is 3.34. The van der Waals surface area contributed by atoms with E-state index >= 15 is 0 Å². The first kappa shape index (κ1) is 15.6. The summed E-state index contributed by atoms with van der Waals surface area (Å²) in [4.78, 5) is 12.3. The van der Waals surface area contributed by atoms with Gasteiger partial charge in [0.25, 0.3) is 0 Å². The molecule has 6 heteroatoms. The Labute approximate surface area is 129 Å². The molecule has 0 aliphatic heterocycles. The topological polar surface area (TPSA) is 59.8 Å². The number of anilines is 1. The van der Waals surface area contributed by atoms with Crippen LogP contribution in [0.3, 0.4) is 0 Å². The van der Waals surface area contributed by atoms with Crippen LogP contribution in [0.15, 0.2) is 23.4 Å². The van der Waals surface area contributed by atoms with Crippen molar-refractivity contribution in [2.45, 2.75) is 38.1 Å². The highest BCUT2D eigenvalue weighted by Gasteiger charge is 2.18. The number of aryl methyl sites for hydroxylation is 3. The summed E-state index contributed by atoms with van der Waals surface area (Å²) < 4.78 is 1.88. The van der Waals surface area contributed by atoms with Crippen molar-refractivity contribution in [2.24, 2.45) is 7.05 Å². The molecular formula is C15H20N4OS. The standard InChI is InChI=1S/C15H20N4OS/c1-9-6-7-13(10(2)8-9)16-14(20)11(3)21-15-18-17-12(4)19(15)5/h6-8,11H,1-5H3,(H,16,20)/t11-/m1/s1. The Morgan fingerprint density at radius 3 is 2.57 bits per heavy atom. The maximum absolute atomic E-state index is 12.3. The van der Waals surface area contributed by atoms with Gasteiger partial charge >= 0.3 is 0 Å². The summed E-state index contributed by atoms with van der Waals surface area (Å²) in [5.74, 6) is 0.798. The zero-order chi connectivity index (χ0) is 15.6. The van der Waals surface area contributed by atoms with Gasteiger partial charge in [-0.1, -0.05) is 29.5 Å². The number of thioether (sulfide) groups is 1. The predicted molar refractivity (Wildman–Crippen MR) is 85.6 cm³/mol. The fourth-order valence-electron chi connectivity index (χ4n) is 1.89. The Hall–Kier alpha value is -1.82. The number of hydrogen-bond donors (Lipinski definition) is 1. The average Bonchev–Trinajstić information content (AvgIpc) is 2.73. The van der Waals surface area contributed by atoms with Crippen molar-refractivity contribution in [2.75, 3.05) is 5.32 Å². The summed E-state index contributed by atoms with van der Waals surface area (Å²) in [5.41, 5.74) is 3.10. The van der Waals surface area contributed by atoms with Crippen molar-refractivity contribution < 1.29 is 4.79 Å². The third-order valence-corrected chi connectivity index (χ3v) is 4.48. The molecule has 0 fully saturated rings. The van der Waals surface area contributed by atoms with Crippen LogP contribution in [0.5, 0.6) is 0 Å². The molecule has 1 atom stereocenters. The van der Waals surface area contributed by atoms with Gasteiger partial charge in [-0.05, 0) is 39.3 Å². The molecule has 1 amide bonds. The highest BCUT2D eigenvalue weighted by molar-refractivity contribution is 8.00. The molecule has 0 bridgehead atoms. The molecule has 1 heterocycles. The van der Waals surface area contributed by atoms with E-state index in [1.165, 1.54) is 17.3 Å². The highest BCUT2D eigenvalue weighted by atomic mass is 32.2. The van der Waals surface area contributed by atoms with Gasteiger partial charge in [-0.25, -0.2) is 0 Å². The lowest BCUT2D eigenvalue weighted by atomic mass is 10.1. The van der Waals surface area contributed by atoms with Gasteiger partial charge in [0.1, 0.15) is 5.82 Å². The van der Waals surface area contributed by atoms with Crippen LogP contribution in [-0.4, -0.2) is 25.9 Å². The van der Waals surface area contributed by atoms with Crippen molar-refractivity contribution in [1.82, 2.24) is 14.8 Å². The smallest absolute Gasteiger partial charge is 0.237 e. The number of carbonyl (C=O) groups is 1. The Morgan fingerprint density at radius 2 is 2.00 bits per heavy atom. The first-order chi connectivity index (χ1) is 9.88. The molecule has 0 spiro atoms. The third kappa shape index (κ3) is 3.64. The molecule has 2 rings (SSSR count). The van der Waals surface area contributed by atoms with E-state index in [-0.39, 0.29) is 11.2 Å². The van der Waals surface area contributed by atoms with E-state index in [0.29, 0.717) is 0 Å². The van der Waals surface area contributed by atoms with Gasteiger partial charge < -0.3 is 9.88 Å². The molecule has 1 aromatic heterocycles. The maximum atomic E-state index is 12.3. The molecule has 5 nitrogen and oxygen atoms in total. The molecule has 21 heavy (non-hydrogen) atoms. The van der Waals surface area contributed by atoms with Crippen molar-refractivity contribution in [3.8, 4) is 0 Å². The molecule has 112 valence electrons. The minimum atomic E-state index is -0.243. The minimum Gasteiger partial charge on any atom is -0.325 e. The molecule has 0 saturated heterocycles. The van der Waals surface area contributed by atoms with E-state index in [1.807, 2.05) is 51.4 Å². The summed E-state index contributed by atoms with van der Waals surface area (Å²) >= 11 is 1.40. The molecule has 0 saturated carbocycles. The monoisotopic (exact) mass is 304 g/mol. The van der Waals surface area contributed by atoms with Crippen LogP contribution >= 0.6 is 11.8 Å². The fraction of sp³-hybridized carbons (Fsp3) is 0.400. The van der Waals surface area contributed by atoms with Crippen molar-refractivity contribution in [3.05, 3.63) is 35.2 Å². The predicted octanol–water partition coefficient (Wildman–Crippen LogP) is 2.86. The second-order valence-corrected chi connectivity index (χ2v) is 6.46.